The fourth-order valence-electron chi connectivity index (χ4n) is 2.36. The van der Waals surface area contributed by atoms with Crippen molar-refractivity contribution in [3.8, 4) is 0 Å². The number of fused-ring (bicyclic) bond motifs is 1. The molecule has 1 aliphatic rings. The number of aromatic nitrogens is 2. The van der Waals surface area contributed by atoms with Crippen molar-refractivity contribution in [3.63, 3.8) is 0 Å². The predicted molar refractivity (Wildman–Crippen MR) is 68.7 cm³/mol. The average Bonchev–Trinajstić information content (AvgIpc) is 2.33. The van der Waals surface area contributed by atoms with E-state index in [1.165, 1.54) is 0 Å². The van der Waals surface area contributed by atoms with Crippen LogP contribution in [-0.2, 0) is 0 Å². The zero-order valence-corrected chi connectivity index (χ0v) is 9.63. The molecule has 88 valence electrons. The van der Waals surface area contributed by atoms with Crippen LogP contribution < -0.4 is 11.1 Å². The third-order valence-corrected chi connectivity index (χ3v) is 3.40. The summed E-state index contributed by atoms with van der Waals surface area (Å²) in [6, 6.07) is 8.46. The molecule has 1 aliphatic carbocycles. The lowest BCUT2D eigenvalue weighted by molar-refractivity contribution is 0.280. The van der Waals surface area contributed by atoms with E-state index in [-0.39, 0.29) is 0 Å². The summed E-state index contributed by atoms with van der Waals surface area (Å²) in [5.74, 6) is 0.705. The molecule has 1 saturated carbocycles. The SMILES string of the molecule is NC1CC(CNc2cnnc3ccccc23)C1. The summed E-state index contributed by atoms with van der Waals surface area (Å²) in [6.07, 6.45) is 4.05. The lowest BCUT2D eigenvalue weighted by atomic mass is 9.81. The number of nitrogens with zero attached hydrogens (tertiary/aromatic N) is 2. The number of anilines is 1. The Kier molecular flexibility index (Phi) is 2.65. The second-order valence-corrected chi connectivity index (χ2v) is 4.75. The van der Waals surface area contributed by atoms with Crippen LogP contribution in [0.5, 0.6) is 0 Å². The van der Waals surface area contributed by atoms with Crippen LogP contribution >= 0.6 is 0 Å². The molecule has 0 radical (unpaired) electrons. The van der Waals surface area contributed by atoms with E-state index < -0.39 is 0 Å². The highest BCUT2D eigenvalue weighted by atomic mass is 15.1. The van der Waals surface area contributed by atoms with Crippen molar-refractivity contribution in [1.82, 2.24) is 10.2 Å². The number of nitrogens with one attached hydrogen (secondary N) is 1. The van der Waals surface area contributed by atoms with E-state index in [9.17, 15) is 0 Å². The molecule has 3 rings (SSSR count). The molecule has 4 heteroatoms. The van der Waals surface area contributed by atoms with Crippen LogP contribution in [-0.4, -0.2) is 22.8 Å². The van der Waals surface area contributed by atoms with Crippen LogP contribution in [0.15, 0.2) is 30.5 Å². The minimum absolute atomic E-state index is 0.411. The van der Waals surface area contributed by atoms with E-state index in [0.717, 1.165) is 36.0 Å². The fraction of sp³-hybridized carbons (Fsp3) is 0.385. The van der Waals surface area contributed by atoms with Gasteiger partial charge in [-0.05, 0) is 24.8 Å². The number of hydrogen-bond acceptors (Lipinski definition) is 4. The van der Waals surface area contributed by atoms with E-state index in [0.29, 0.717) is 12.0 Å². The monoisotopic (exact) mass is 228 g/mol. The normalized spacial score (nSPS) is 23.4. The third kappa shape index (κ3) is 2.08. The summed E-state index contributed by atoms with van der Waals surface area (Å²) in [4.78, 5) is 0. The summed E-state index contributed by atoms with van der Waals surface area (Å²) >= 11 is 0. The van der Waals surface area contributed by atoms with Crippen LogP contribution in [0.3, 0.4) is 0 Å². The van der Waals surface area contributed by atoms with E-state index in [2.05, 4.69) is 21.6 Å². The molecule has 2 aromatic rings. The highest BCUT2D eigenvalue weighted by molar-refractivity contribution is 5.90. The zero-order chi connectivity index (χ0) is 11.7. The Morgan fingerprint density at radius 1 is 1.29 bits per heavy atom. The minimum atomic E-state index is 0.411. The standard InChI is InChI=1S/C13H16N4/c14-10-5-9(6-10)7-15-13-8-16-17-12-4-2-1-3-11(12)13/h1-4,8-10H,5-7,14H2,(H,15,17). The topological polar surface area (TPSA) is 63.8 Å². The van der Waals surface area contributed by atoms with Crippen molar-refractivity contribution in [2.75, 3.05) is 11.9 Å². The maximum Gasteiger partial charge on any atom is 0.0950 e. The molecule has 0 atom stereocenters. The molecule has 4 nitrogen and oxygen atoms in total. The van der Waals surface area contributed by atoms with Gasteiger partial charge in [-0.2, -0.15) is 10.2 Å². The van der Waals surface area contributed by atoms with Gasteiger partial charge in [-0.15, -0.1) is 0 Å². The molecule has 17 heavy (non-hydrogen) atoms. The Morgan fingerprint density at radius 2 is 2.12 bits per heavy atom. The number of hydrogen-bond donors (Lipinski definition) is 2. The first-order valence-corrected chi connectivity index (χ1v) is 6.03. The largest absolute Gasteiger partial charge is 0.383 e. The third-order valence-electron chi connectivity index (χ3n) is 3.40. The Labute approximate surface area is 100 Å². The zero-order valence-electron chi connectivity index (χ0n) is 9.63. The molecule has 0 saturated heterocycles. The maximum atomic E-state index is 5.78. The van der Waals surface area contributed by atoms with Gasteiger partial charge in [-0.3, -0.25) is 0 Å². The summed E-state index contributed by atoms with van der Waals surface area (Å²) in [6.45, 7) is 0.976. The van der Waals surface area contributed by atoms with Crippen LogP contribution in [0.2, 0.25) is 0 Å². The summed E-state index contributed by atoms with van der Waals surface area (Å²) in [5.41, 5.74) is 7.78. The van der Waals surface area contributed by atoms with Crippen molar-refractivity contribution < 1.29 is 0 Å². The van der Waals surface area contributed by atoms with Crippen LogP contribution in [0.25, 0.3) is 10.9 Å². The van der Waals surface area contributed by atoms with Gasteiger partial charge >= 0.3 is 0 Å². The van der Waals surface area contributed by atoms with Crippen LogP contribution in [0.4, 0.5) is 5.69 Å². The quantitative estimate of drug-likeness (QED) is 0.840. The van der Waals surface area contributed by atoms with Crippen molar-refractivity contribution in [3.05, 3.63) is 30.5 Å². The fourth-order valence-corrected chi connectivity index (χ4v) is 2.36. The van der Waals surface area contributed by atoms with E-state index in [1.807, 2.05) is 18.2 Å². The number of benzene rings is 1. The van der Waals surface area contributed by atoms with Gasteiger partial charge in [0.15, 0.2) is 0 Å². The van der Waals surface area contributed by atoms with Crippen molar-refractivity contribution in [2.45, 2.75) is 18.9 Å². The Morgan fingerprint density at radius 3 is 2.94 bits per heavy atom. The molecule has 0 unspecified atom stereocenters. The van der Waals surface area contributed by atoms with E-state index in [1.54, 1.807) is 6.20 Å². The van der Waals surface area contributed by atoms with Crippen molar-refractivity contribution in [1.29, 1.82) is 0 Å². The van der Waals surface area contributed by atoms with Gasteiger partial charge in [0.1, 0.15) is 0 Å². The van der Waals surface area contributed by atoms with Crippen LogP contribution in [0, 0.1) is 5.92 Å². The van der Waals surface area contributed by atoms with Gasteiger partial charge in [0.05, 0.1) is 17.4 Å². The highest BCUT2D eigenvalue weighted by Gasteiger charge is 2.25. The van der Waals surface area contributed by atoms with Gasteiger partial charge < -0.3 is 11.1 Å². The molecule has 1 aromatic carbocycles. The first-order valence-electron chi connectivity index (χ1n) is 6.03. The minimum Gasteiger partial charge on any atom is -0.383 e. The molecule has 0 bridgehead atoms. The maximum absolute atomic E-state index is 5.78. The molecule has 0 amide bonds. The van der Waals surface area contributed by atoms with Gasteiger partial charge in [-0.25, -0.2) is 0 Å². The lowest BCUT2D eigenvalue weighted by Crippen LogP contribution is -2.39. The summed E-state index contributed by atoms with van der Waals surface area (Å²) in [5, 5.41) is 12.7. The molecular weight excluding hydrogens is 212 g/mol. The molecule has 0 spiro atoms. The average molecular weight is 228 g/mol. The second-order valence-electron chi connectivity index (χ2n) is 4.75. The number of nitrogens with two attached hydrogens (primary N) is 1. The van der Waals surface area contributed by atoms with Crippen molar-refractivity contribution in [2.24, 2.45) is 11.7 Å². The van der Waals surface area contributed by atoms with E-state index >= 15 is 0 Å². The molecule has 1 aromatic heterocycles. The molecule has 1 fully saturated rings. The number of rotatable bonds is 3. The second kappa shape index (κ2) is 4.30. The smallest absolute Gasteiger partial charge is 0.0950 e. The van der Waals surface area contributed by atoms with E-state index in [4.69, 9.17) is 5.73 Å². The van der Waals surface area contributed by atoms with Crippen LogP contribution in [0.1, 0.15) is 12.8 Å². The summed E-state index contributed by atoms with van der Waals surface area (Å²) < 4.78 is 0. The first kappa shape index (κ1) is 10.5. The van der Waals surface area contributed by atoms with Gasteiger partial charge in [-0.1, -0.05) is 18.2 Å². The summed E-state index contributed by atoms with van der Waals surface area (Å²) in [7, 11) is 0. The Balaban J connectivity index is 1.76. The Bertz CT molecular complexity index is 514. The first-order chi connectivity index (χ1) is 8.33. The van der Waals surface area contributed by atoms with Gasteiger partial charge in [0.2, 0.25) is 0 Å². The highest BCUT2D eigenvalue weighted by Crippen LogP contribution is 2.27. The molecule has 1 heterocycles. The lowest BCUT2D eigenvalue weighted by Gasteiger charge is -2.32. The molecular formula is C13H16N4. The van der Waals surface area contributed by atoms with Gasteiger partial charge in [0, 0.05) is 18.0 Å². The van der Waals surface area contributed by atoms with Crippen molar-refractivity contribution >= 4 is 16.6 Å². The van der Waals surface area contributed by atoms with Gasteiger partial charge in [0.25, 0.3) is 0 Å². The predicted octanol–water partition coefficient (Wildman–Crippen LogP) is 1.78. The molecule has 0 aliphatic heterocycles. The molecule has 3 N–H and O–H groups in total. The Hall–Kier alpha value is -1.68.